The highest BCUT2D eigenvalue weighted by molar-refractivity contribution is 6.04. The molecule has 0 radical (unpaired) electrons. The van der Waals surface area contributed by atoms with E-state index in [0.717, 1.165) is 6.07 Å². The Bertz CT molecular complexity index is 1100. The van der Waals surface area contributed by atoms with Crippen molar-refractivity contribution in [3.63, 3.8) is 0 Å². The first-order valence-electron chi connectivity index (χ1n) is 9.76. The summed E-state index contributed by atoms with van der Waals surface area (Å²) in [5.41, 5.74) is 0.354. The average molecular weight is 427 g/mol. The Morgan fingerprint density at radius 3 is 2.97 bits per heavy atom. The molecule has 1 aromatic carbocycles. The predicted molar refractivity (Wildman–Crippen MR) is 110 cm³/mol. The number of halogens is 1. The van der Waals surface area contributed by atoms with Crippen LogP contribution < -0.4 is 14.8 Å². The fraction of sp³-hybridized carbons (Fsp3) is 0.333. The third kappa shape index (κ3) is 4.33. The van der Waals surface area contributed by atoms with Gasteiger partial charge in [-0.2, -0.15) is 0 Å². The van der Waals surface area contributed by atoms with E-state index in [9.17, 15) is 9.18 Å². The monoisotopic (exact) mass is 427 g/mol. The van der Waals surface area contributed by atoms with Crippen molar-refractivity contribution in [1.29, 1.82) is 0 Å². The van der Waals surface area contributed by atoms with E-state index in [1.165, 1.54) is 6.07 Å². The molecule has 0 spiro atoms. The first-order valence-corrected chi connectivity index (χ1v) is 9.76. The average Bonchev–Trinajstić information content (AvgIpc) is 3.24. The van der Waals surface area contributed by atoms with Crippen LogP contribution in [-0.2, 0) is 4.74 Å². The molecule has 1 aliphatic heterocycles. The lowest BCUT2D eigenvalue weighted by Gasteiger charge is -2.26. The molecule has 4 rings (SSSR count). The Morgan fingerprint density at radius 1 is 1.35 bits per heavy atom. The van der Waals surface area contributed by atoms with Crippen LogP contribution in [0.4, 0.5) is 10.2 Å². The molecule has 0 bridgehead atoms. The minimum Gasteiger partial charge on any atom is -0.486 e. The summed E-state index contributed by atoms with van der Waals surface area (Å²) in [6.07, 6.45) is 1.28. The van der Waals surface area contributed by atoms with Gasteiger partial charge in [0.15, 0.2) is 23.4 Å². The van der Waals surface area contributed by atoms with Crippen molar-refractivity contribution in [2.75, 3.05) is 25.6 Å². The highest BCUT2D eigenvalue weighted by atomic mass is 19.1. The van der Waals surface area contributed by atoms with E-state index < -0.39 is 11.7 Å². The van der Waals surface area contributed by atoms with Gasteiger partial charge in [-0.05, 0) is 32.0 Å². The first kappa shape index (κ1) is 20.7. The number of amides is 1. The third-order valence-electron chi connectivity index (χ3n) is 4.70. The maximum absolute atomic E-state index is 14.6. The van der Waals surface area contributed by atoms with Gasteiger partial charge in [-0.15, -0.1) is 10.2 Å². The summed E-state index contributed by atoms with van der Waals surface area (Å²) in [5.74, 6) is -0.0252. The zero-order valence-electron chi connectivity index (χ0n) is 17.3. The molecule has 1 N–H and O–H groups in total. The van der Waals surface area contributed by atoms with Crippen LogP contribution in [0.15, 0.2) is 36.7 Å². The second-order valence-electron chi connectivity index (χ2n) is 7.30. The standard InChI is InChI=1S/C21H22FN5O4/c1-12(2)27-11-23-26-20(27)16-5-4-6-19(24-16)25-21(28)14-7-18-17(8-15(14)22)30-10-13(31-18)9-29-3/h4-8,11-13H,9-10H2,1-3H3,(H,24,25,28)/t13-/m1/s1. The van der Waals surface area contributed by atoms with Gasteiger partial charge in [-0.1, -0.05) is 6.07 Å². The van der Waals surface area contributed by atoms with Gasteiger partial charge in [0.05, 0.1) is 12.2 Å². The number of methoxy groups -OCH3 is 1. The smallest absolute Gasteiger partial charge is 0.259 e. The number of carbonyl (C=O) groups is 1. The van der Waals surface area contributed by atoms with Gasteiger partial charge < -0.3 is 24.1 Å². The SMILES string of the molecule is COC[C@@H]1COc2cc(F)c(C(=O)Nc3cccc(-c4nncn4C(C)C)n3)cc2O1. The molecular weight excluding hydrogens is 405 g/mol. The number of aromatic nitrogens is 4. The third-order valence-corrected chi connectivity index (χ3v) is 4.70. The summed E-state index contributed by atoms with van der Waals surface area (Å²) in [6.45, 7) is 4.56. The van der Waals surface area contributed by atoms with Gasteiger partial charge in [0.25, 0.3) is 5.91 Å². The van der Waals surface area contributed by atoms with E-state index in [4.69, 9.17) is 14.2 Å². The first-order chi connectivity index (χ1) is 15.0. The summed E-state index contributed by atoms with van der Waals surface area (Å²) < 4.78 is 32.7. The molecule has 3 aromatic rings. The lowest BCUT2D eigenvalue weighted by Crippen LogP contribution is -2.33. The Balaban J connectivity index is 1.56. The van der Waals surface area contributed by atoms with Crippen molar-refractivity contribution in [2.24, 2.45) is 0 Å². The van der Waals surface area contributed by atoms with Crippen LogP contribution in [0.1, 0.15) is 30.2 Å². The zero-order valence-corrected chi connectivity index (χ0v) is 17.3. The normalized spacial score (nSPS) is 15.2. The number of ether oxygens (including phenoxy) is 3. The number of carbonyl (C=O) groups excluding carboxylic acids is 1. The Kier molecular flexibility index (Phi) is 5.81. The molecule has 0 saturated heterocycles. The predicted octanol–water partition coefficient (Wildman–Crippen LogP) is 3.10. The number of benzene rings is 1. The molecule has 9 nitrogen and oxygen atoms in total. The highest BCUT2D eigenvalue weighted by Gasteiger charge is 2.25. The molecule has 1 amide bonds. The second-order valence-corrected chi connectivity index (χ2v) is 7.30. The topological polar surface area (TPSA) is 100 Å². The van der Waals surface area contributed by atoms with E-state index in [0.29, 0.717) is 18.1 Å². The number of fused-ring (bicyclic) bond motifs is 1. The minimum absolute atomic E-state index is 0.138. The molecule has 162 valence electrons. The molecular formula is C21H22FN5O4. The van der Waals surface area contributed by atoms with E-state index in [-0.39, 0.29) is 41.6 Å². The quantitative estimate of drug-likeness (QED) is 0.645. The molecule has 10 heteroatoms. The Hall–Kier alpha value is -3.53. The van der Waals surface area contributed by atoms with Crippen LogP contribution in [0.25, 0.3) is 11.5 Å². The maximum atomic E-state index is 14.6. The van der Waals surface area contributed by atoms with E-state index in [1.807, 2.05) is 18.4 Å². The van der Waals surface area contributed by atoms with Crippen LogP contribution in [0.5, 0.6) is 11.5 Å². The van der Waals surface area contributed by atoms with Crippen LogP contribution in [0.2, 0.25) is 0 Å². The van der Waals surface area contributed by atoms with Crippen molar-refractivity contribution in [1.82, 2.24) is 19.7 Å². The van der Waals surface area contributed by atoms with Crippen LogP contribution in [0.3, 0.4) is 0 Å². The van der Waals surface area contributed by atoms with Gasteiger partial charge >= 0.3 is 0 Å². The lowest BCUT2D eigenvalue weighted by molar-refractivity contribution is 0.0269. The second kappa shape index (κ2) is 8.68. The van der Waals surface area contributed by atoms with Gasteiger partial charge in [0.2, 0.25) is 0 Å². The molecule has 0 aliphatic carbocycles. The van der Waals surface area contributed by atoms with Crippen molar-refractivity contribution < 1.29 is 23.4 Å². The van der Waals surface area contributed by atoms with Crippen molar-refractivity contribution in [3.8, 4) is 23.0 Å². The van der Waals surface area contributed by atoms with Crippen LogP contribution >= 0.6 is 0 Å². The Morgan fingerprint density at radius 2 is 2.19 bits per heavy atom. The van der Waals surface area contributed by atoms with Crippen molar-refractivity contribution in [3.05, 3.63) is 48.0 Å². The van der Waals surface area contributed by atoms with Crippen LogP contribution in [0, 0.1) is 5.82 Å². The fourth-order valence-corrected chi connectivity index (χ4v) is 3.19. The van der Waals surface area contributed by atoms with E-state index in [2.05, 4.69) is 20.5 Å². The summed E-state index contributed by atoms with van der Waals surface area (Å²) >= 11 is 0. The Labute approximate surface area is 178 Å². The van der Waals surface area contributed by atoms with Gasteiger partial charge in [-0.25, -0.2) is 9.37 Å². The summed E-state index contributed by atoms with van der Waals surface area (Å²) in [6, 6.07) is 7.70. The molecule has 3 heterocycles. The van der Waals surface area contributed by atoms with Gasteiger partial charge in [0, 0.05) is 19.2 Å². The lowest BCUT2D eigenvalue weighted by atomic mass is 10.1. The highest BCUT2D eigenvalue weighted by Crippen LogP contribution is 2.34. The summed E-state index contributed by atoms with van der Waals surface area (Å²) in [4.78, 5) is 17.2. The van der Waals surface area contributed by atoms with E-state index in [1.54, 1.807) is 31.6 Å². The minimum atomic E-state index is -0.722. The number of hydrogen-bond acceptors (Lipinski definition) is 7. The number of nitrogens with one attached hydrogen (secondary N) is 1. The number of rotatable bonds is 6. The van der Waals surface area contributed by atoms with Crippen LogP contribution in [-0.4, -0.2) is 52.1 Å². The van der Waals surface area contributed by atoms with Crippen molar-refractivity contribution >= 4 is 11.7 Å². The molecule has 2 aromatic heterocycles. The number of anilines is 1. The molecule has 0 saturated carbocycles. The van der Waals surface area contributed by atoms with Gasteiger partial charge in [0.1, 0.15) is 30.3 Å². The largest absolute Gasteiger partial charge is 0.486 e. The molecule has 0 fully saturated rings. The molecule has 31 heavy (non-hydrogen) atoms. The molecule has 1 aliphatic rings. The molecule has 0 unspecified atom stereocenters. The fourth-order valence-electron chi connectivity index (χ4n) is 3.19. The van der Waals surface area contributed by atoms with Gasteiger partial charge in [-0.3, -0.25) is 4.79 Å². The number of pyridine rings is 1. The molecule has 1 atom stereocenters. The maximum Gasteiger partial charge on any atom is 0.259 e. The summed E-state index contributed by atoms with van der Waals surface area (Å²) in [7, 11) is 1.55. The summed E-state index contributed by atoms with van der Waals surface area (Å²) in [5, 5.41) is 10.7. The number of nitrogens with zero attached hydrogens (tertiary/aromatic N) is 4. The van der Waals surface area contributed by atoms with E-state index >= 15 is 0 Å². The zero-order chi connectivity index (χ0) is 22.0. The van der Waals surface area contributed by atoms with Crippen molar-refractivity contribution in [2.45, 2.75) is 26.0 Å². The number of hydrogen-bond donors (Lipinski definition) is 1.